The smallest absolute Gasteiger partial charge is 0.230 e. The van der Waals surface area contributed by atoms with Crippen molar-refractivity contribution in [2.24, 2.45) is 5.92 Å². The van der Waals surface area contributed by atoms with Gasteiger partial charge in [-0.2, -0.15) is 0 Å². The van der Waals surface area contributed by atoms with E-state index in [1.54, 1.807) is 0 Å². The summed E-state index contributed by atoms with van der Waals surface area (Å²) in [5.41, 5.74) is 2.61. The van der Waals surface area contributed by atoms with Crippen molar-refractivity contribution in [1.29, 1.82) is 0 Å². The third kappa shape index (κ3) is 1.43. The van der Waals surface area contributed by atoms with Crippen molar-refractivity contribution in [1.82, 2.24) is 10.2 Å². The predicted octanol–water partition coefficient (Wildman–Crippen LogP) is 1.15. The van der Waals surface area contributed by atoms with Gasteiger partial charge in [0.05, 0.1) is 5.92 Å². The maximum atomic E-state index is 12.5. The molecule has 2 heterocycles. The number of carbonyl (C=O) groups is 1. The molecule has 2 saturated heterocycles. The van der Waals surface area contributed by atoms with Crippen LogP contribution in [0.25, 0.3) is 0 Å². The van der Waals surface area contributed by atoms with Gasteiger partial charge in [-0.05, 0) is 36.4 Å². The van der Waals surface area contributed by atoms with E-state index in [4.69, 9.17) is 0 Å². The van der Waals surface area contributed by atoms with Gasteiger partial charge in [0, 0.05) is 19.1 Å². The molecule has 0 saturated carbocycles. The van der Waals surface area contributed by atoms with Crippen LogP contribution in [0.2, 0.25) is 0 Å². The van der Waals surface area contributed by atoms with Gasteiger partial charge >= 0.3 is 0 Å². The van der Waals surface area contributed by atoms with Gasteiger partial charge in [0.15, 0.2) is 0 Å². The highest BCUT2D eigenvalue weighted by molar-refractivity contribution is 5.87. The fraction of sp³-hybridized carbons (Fsp3) is 0.533. The lowest BCUT2D eigenvalue weighted by Crippen LogP contribution is -2.40. The summed E-state index contributed by atoms with van der Waals surface area (Å²) in [6.45, 7) is 3.01. The molecule has 3 atom stereocenters. The van der Waals surface area contributed by atoms with E-state index in [2.05, 4.69) is 28.4 Å². The van der Waals surface area contributed by atoms with Crippen LogP contribution in [0.15, 0.2) is 24.3 Å². The minimum atomic E-state index is 0.139. The number of nitrogens with zero attached hydrogens (tertiary/aromatic N) is 1. The van der Waals surface area contributed by atoms with Crippen LogP contribution >= 0.6 is 0 Å². The predicted molar refractivity (Wildman–Crippen MR) is 69.4 cm³/mol. The van der Waals surface area contributed by atoms with E-state index in [0.717, 1.165) is 26.1 Å². The topological polar surface area (TPSA) is 32.3 Å². The molecule has 18 heavy (non-hydrogen) atoms. The van der Waals surface area contributed by atoms with E-state index in [9.17, 15) is 4.79 Å². The second kappa shape index (κ2) is 3.82. The van der Waals surface area contributed by atoms with Crippen molar-refractivity contribution in [3.8, 4) is 0 Å². The molecule has 1 amide bonds. The Bertz CT molecular complexity index is 487. The summed E-state index contributed by atoms with van der Waals surface area (Å²) >= 11 is 0. The molecule has 0 bridgehead atoms. The van der Waals surface area contributed by atoms with Crippen LogP contribution in [0, 0.1) is 5.92 Å². The number of likely N-dealkylation sites (tertiary alicyclic amines) is 1. The van der Waals surface area contributed by atoms with Gasteiger partial charge < -0.3 is 10.2 Å². The third-order valence-electron chi connectivity index (χ3n) is 4.83. The molecule has 1 unspecified atom stereocenters. The van der Waals surface area contributed by atoms with Gasteiger partial charge in [-0.1, -0.05) is 24.3 Å². The van der Waals surface area contributed by atoms with E-state index < -0.39 is 0 Å². The lowest BCUT2D eigenvalue weighted by molar-refractivity contribution is -0.132. The normalized spacial score (nSPS) is 32.9. The van der Waals surface area contributed by atoms with Gasteiger partial charge in [-0.15, -0.1) is 0 Å². The second-order valence-electron chi connectivity index (χ2n) is 5.81. The van der Waals surface area contributed by atoms with Crippen LogP contribution in [0.5, 0.6) is 0 Å². The van der Waals surface area contributed by atoms with Crippen molar-refractivity contribution >= 4 is 5.91 Å². The summed E-state index contributed by atoms with van der Waals surface area (Å²) in [6.07, 6.45) is 2.17. The van der Waals surface area contributed by atoms with Gasteiger partial charge in [0.25, 0.3) is 0 Å². The van der Waals surface area contributed by atoms with Crippen molar-refractivity contribution in [3.05, 3.63) is 35.4 Å². The highest BCUT2D eigenvalue weighted by Gasteiger charge is 2.42. The minimum absolute atomic E-state index is 0.139. The Hall–Kier alpha value is -1.35. The number of hydrogen-bond donors (Lipinski definition) is 1. The van der Waals surface area contributed by atoms with Crippen LogP contribution in [-0.2, 0) is 11.2 Å². The maximum Gasteiger partial charge on any atom is 0.230 e. The molecule has 1 aromatic rings. The number of nitrogens with one attached hydrogen (secondary N) is 1. The zero-order valence-corrected chi connectivity index (χ0v) is 10.4. The van der Waals surface area contributed by atoms with Crippen LogP contribution in [0.1, 0.15) is 23.5 Å². The van der Waals surface area contributed by atoms with Gasteiger partial charge in [0.2, 0.25) is 5.91 Å². The van der Waals surface area contributed by atoms with Gasteiger partial charge in [-0.3, -0.25) is 4.79 Å². The van der Waals surface area contributed by atoms with Gasteiger partial charge in [0.1, 0.15) is 0 Å². The molecular weight excluding hydrogens is 224 g/mol. The SMILES string of the molecule is O=C(C1Cc2ccccc21)N1C[C@@H]2CCN[C@@H]2C1. The summed E-state index contributed by atoms with van der Waals surface area (Å²) in [5.74, 6) is 1.19. The van der Waals surface area contributed by atoms with Crippen LogP contribution in [0.3, 0.4) is 0 Å². The van der Waals surface area contributed by atoms with Crippen LogP contribution in [0.4, 0.5) is 0 Å². The van der Waals surface area contributed by atoms with Crippen molar-refractivity contribution in [2.75, 3.05) is 19.6 Å². The number of benzene rings is 1. The summed E-state index contributed by atoms with van der Waals surface area (Å²) in [5, 5.41) is 3.50. The van der Waals surface area contributed by atoms with Gasteiger partial charge in [-0.25, -0.2) is 0 Å². The Morgan fingerprint density at radius 3 is 3.00 bits per heavy atom. The average Bonchev–Trinajstić information content (AvgIpc) is 2.90. The molecule has 0 aromatic heterocycles. The second-order valence-corrected chi connectivity index (χ2v) is 5.81. The largest absolute Gasteiger partial charge is 0.340 e. The Morgan fingerprint density at radius 2 is 2.17 bits per heavy atom. The molecular formula is C15H18N2O. The molecule has 2 fully saturated rings. The molecule has 94 valence electrons. The first-order chi connectivity index (χ1) is 8.83. The Morgan fingerprint density at radius 1 is 1.28 bits per heavy atom. The number of amides is 1. The van der Waals surface area contributed by atoms with E-state index in [1.807, 2.05) is 6.07 Å². The highest BCUT2D eigenvalue weighted by Crippen LogP contribution is 2.37. The lowest BCUT2D eigenvalue weighted by atomic mass is 9.77. The summed E-state index contributed by atoms with van der Waals surface area (Å²) in [6, 6.07) is 8.90. The Labute approximate surface area is 107 Å². The molecule has 3 heteroatoms. The molecule has 1 aliphatic carbocycles. The van der Waals surface area contributed by atoms with E-state index in [1.165, 1.54) is 17.5 Å². The quantitative estimate of drug-likeness (QED) is 0.801. The molecule has 1 aromatic carbocycles. The number of carbonyl (C=O) groups excluding carboxylic acids is 1. The molecule has 0 spiro atoms. The molecule has 2 aliphatic heterocycles. The van der Waals surface area contributed by atoms with E-state index in [-0.39, 0.29) is 5.92 Å². The highest BCUT2D eigenvalue weighted by atomic mass is 16.2. The van der Waals surface area contributed by atoms with Crippen molar-refractivity contribution in [3.63, 3.8) is 0 Å². The Balaban J connectivity index is 1.50. The summed E-state index contributed by atoms with van der Waals surface area (Å²) in [4.78, 5) is 14.6. The monoisotopic (exact) mass is 242 g/mol. The first-order valence-corrected chi connectivity index (χ1v) is 6.93. The number of rotatable bonds is 1. The third-order valence-corrected chi connectivity index (χ3v) is 4.83. The summed E-state index contributed by atoms with van der Waals surface area (Å²) in [7, 11) is 0. The van der Waals surface area contributed by atoms with Crippen LogP contribution < -0.4 is 5.32 Å². The first kappa shape index (κ1) is 10.6. The fourth-order valence-electron chi connectivity index (χ4n) is 3.73. The fourth-order valence-corrected chi connectivity index (χ4v) is 3.73. The molecule has 4 rings (SSSR count). The lowest BCUT2D eigenvalue weighted by Gasteiger charge is -2.32. The Kier molecular flexibility index (Phi) is 2.24. The molecule has 3 nitrogen and oxygen atoms in total. The van der Waals surface area contributed by atoms with E-state index >= 15 is 0 Å². The molecule has 0 radical (unpaired) electrons. The number of hydrogen-bond acceptors (Lipinski definition) is 2. The number of fused-ring (bicyclic) bond motifs is 2. The average molecular weight is 242 g/mol. The zero-order valence-electron chi connectivity index (χ0n) is 10.4. The summed E-state index contributed by atoms with van der Waals surface area (Å²) < 4.78 is 0. The van der Waals surface area contributed by atoms with Crippen LogP contribution in [-0.4, -0.2) is 36.5 Å². The maximum absolute atomic E-state index is 12.5. The van der Waals surface area contributed by atoms with E-state index in [0.29, 0.717) is 17.9 Å². The standard InChI is InChI=1S/C15H18N2O/c18-15(13-7-10-3-1-2-4-12(10)13)17-8-11-5-6-16-14(11)9-17/h1-4,11,13-14,16H,5-9H2/t11-,13?,14+/m0/s1. The minimum Gasteiger partial charge on any atom is -0.340 e. The molecule has 3 aliphatic rings. The van der Waals surface area contributed by atoms with Crippen molar-refractivity contribution in [2.45, 2.75) is 24.8 Å². The first-order valence-electron chi connectivity index (χ1n) is 6.93. The zero-order chi connectivity index (χ0) is 12.1. The van der Waals surface area contributed by atoms with Crippen molar-refractivity contribution < 1.29 is 4.79 Å². The molecule has 1 N–H and O–H groups in total.